The first-order valence-corrected chi connectivity index (χ1v) is 10.5. The van der Waals surface area contributed by atoms with Crippen molar-refractivity contribution in [2.45, 2.75) is 12.3 Å². The maximum Gasteiger partial charge on any atom is 0.278 e. The zero-order valence-corrected chi connectivity index (χ0v) is 15.8. The van der Waals surface area contributed by atoms with Crippen LogP contribution < -0.4 is 5.49 Å². The summed E-state index contributed by atoms with van der Waals surface area (Å²) in [5.74, 6) is -0.508. The monoisotopic (exact) mass is 380 g/mol. The first kappa shape index (κ1) is 18.8. The number of hydrogen-bond donors (Lipinski definition) is 0. The number of hydrogen-bond acceptors (Lipinski definition) is 3. The fourth-order valence-corrected chi connectivity index (χ4v) is 3.53. The van der Waals surface area contributed by atoms with Crippen LogP contribution in [0.15, 0.2) is 84.0 Å². The van der Waals surface area contributed by atoms with Gasteiger partial charge in [-0.1, -0.05) is 48.5 Å². The van der Waals surface area contributed by atoms with Crippen molar-refractivity contribution in [1.29, 1.82) is 0 Å². The molecule has 0 unspecified atom stereocenters. The van der Waals surface area contributed by atoms with Gasteiger partial charge >= 0.3 is 0 Å². The van der Waals surface area contributed by atoms with Crippen molar-refractivity contribution in [3.8, 4) is 0 Å². The Morgan fingerprint density at radius 3 is 2.37 bits per heavy atom. The number of carbonyl (C=O) groups excluding carboxylic acids is 1. The molecule has 0 saturated carbocycles. The highest BCUT2D eigenvalue weighted by Crippen LogP contribution is 2.10. The van der Waals surface area contributed by atoms with Crippen molar-refractivity contribution in [2.75, 3.05) is 6.26 Å². The first-order valence-electron chi connectivity index (χ1n) is 8.46. The Morgan fingerprint density at radius 2 is 1.63 bits per heavy atom. The largest absolute Gasteiger partial charge is 0.328 e. The third-order valence-electron chi connectivity index (χ3n) is 3.93. The number of benzene rings is 2. The fourth-order valence-electron chi connectivity index (χ4n) is 2.75. The van der Waals surface area contributed by atoms with Crippen molar-refractivity contribution < 1.29 is 13.2 Å². The molecule has 3 aromatic rings. The zero-order valence-electron chi connectivity index (χ0n) is 14.9. The van der Waals surface area contributed by atoms with E-state index in [1.807, 2.05) is 53.2 Å². The molecule has 1 aromatic heterocycles. The van der Waals surface area contributed by atoms with Gasteiger partial charge in [0, 0.05) is 24.6 Å². The molecule has 0 fully saturated rings. The van der Waals surface area contributed by atoms with Crippen LogP contribution in [0.25, 0.3) is 0 Å². The molecular formula is C21H20N2O3S. The van der Waals surface area contributed by atoms with E-state index in [0.717, 1.165) is 5.56 Å². The molecule has 0 saturated heterocycles. The van der Waals surface area contributed by atoms with Gasteiger partial charge < -0.3 is 4.57 Å². The van der Waals surface area contributed by atoms with E-state index in [-0.39, 0.29) is 5.75 Å². The molecule has 0 aliphatic rings. The van der Waals surface area contributed by atoms with Crippen LogP contribution in [0.5, 0.6) is 0 Å². The Balaban J connectivity index is 1.91. The Labute approximate surface area is 158 Å². The lowest BCUT2D eigenvalue weighted by Crippen LogP contribution is -2.22. The molecule has 0 N–H and O–H groups in total. The lowest BCUT2D eigenvalue weighted by Gasteiger charge is -2.07. The van der Waals surface area contributed by atoms with E-state index in [1.54, 1.807) is 30.3 Å². The average Bonchev–Trinajstić information content (AvgIpc) is 2.63. The summed E-state index contributed by atoms with van der Waals surface area (Å²) in [6, 6.07) is 22.0. The molecule has 2 aromatic carbocycles. The quantitative estimate of drug-likeness (QED) is 0.683. The van der Waals surface area contributed by atoms with Gasteiger partial charge in [-0.2, -0.15) is 4.99 Å². The maximum absolute atomic E-state index is 12.6. The SMILES string of the molecule is CS(=O)(=O)Cc1cccc(C(=O)N=c2ccccn2Cc2ccccc2)c1. The van der Waals surface area contributed by atoms with E-state index in [1.165, 1.54) is 6.26 Å². The highest BCUT2D eigenvalue weighted by molar-refractivity contribution is 7.89. The molecule has 0 bridgehead atoms. The lowest BCUT2D eigenvalue weighted by atomic mass is 10.1. The summed E-state index contributed by atoms with van der Waals surface area (Å²) in [6.07, 6.45) is 3.04. The van der Waals surface area contributed by atoms with Crippen molar-refractivity contribution in [1.82, 2.24) is 4.57 Å². The van der Waals surface area contributed by atoms with Gasteiger partial charge in [-0.05, 0) is 35.4 Å². The summed E-state index contributed by atoms with van der Waals surface area (Å²) in [6.45, 7) is 0.599. The Kier molecular flexibility index (Phi) is 5.66. The Hall–Kier alpha value is -2.99. The summed E-state index contributed by atoms with van der Waals surface area (Å²) in [7, 11) is -3.17. The highest BCUT2D eigenvalue weighted by Gasteiger charge is 2.09. The van der Waals surface area contributed by atoms with Crippen LogP contribution in [0.4, 0.5) is 0 Å². The normalized spacial score (nSPS) is 12.1. The van der Waals surface area contributed by atoms with Gasteiger partial charge in [-0.25, -0.2) is 8.42 Å². The van der Waals surface area contributed by atoms with E-state index in [4.69, 9.17) is 0 Å². The number of pyridine rings is 1. The van der Waals surface area contributed by atoms with Crippen molar-refractivity contribution in [3.63, 3.8) is 0 Å². The molecule has 1 amide bonds. The third-order valence-corrected chi connectivity index (χ3v) is 4.79. The number of nitrogens with zero attached hydrogens (tertiary/aromatic N) is 2. The molecule has 6 heteroatoms. The number of carbonyl (C=O) groups is 1. The van der Waals surface area contributed by atoms with E-state index < -0.39 is 15.7 Å². The van der Waals surface area contributed by atoms with E-state index in [9.17, 15) is 13.2 Å². The zero-order chi connectivity index (χ0) is 19.3. The fraction of sp³-hybridized carbons (Fsp3) is 0.143. The molecular weight excluding hydrogens is 360 g/mol. The van der Waals surface area contributed by atoms with E-state index in [0.29, 0.717) is 23.2 Å². The van der Waals surface area contributed by atoms with Gasteiger partial charge in [-0.15, -0.1) is 0 Å². The molecule has 3 rings (SSSR count). The molecule has 138 valence electrons. The minimum Gasteiger partial charge on any atom is -0.328 e. The summed E-state index contributed by atoms with van der Waals surface area (Å²) in [4.78, 5) is 16.8. The summed E-state index contributed by atoms with van der Waals surface area (Å²) in [5.41, 5.74) is 2.59. The van der Waals surface area contributed by atoms with Crippen LogP contribution >= 0.6 is 0 Å². The van der Waals surface area contributed by atoms with Gasteiger partial charge in [0.2, 0.25) is 0 Å². The molecule has 1 heterocycles. The smallest absolute Gasteiger partial charge is 0.278 e. The average molecular weight is 380 g/mol. The van der Waals surface area contributed by atoms with Crippen LogP contribution in [0.2, 0.25) is 0 Å². The molecule has 0 aliphatic heterocycles. The maximum atomic E-state index is 12.6. The van der Waals surface area contributed by atoms with Gasteiger partial charge in [-0.3, -0.25) is 4.79 Å². The molecule has 0 atom stereocenters. The van der Waals surface area contributed by atoms with Gasteiger partial charge in [0.25, 0.3) is 5.91 Å². The minimum absolute atomic E-state index is 0.104. The Bertz CT molecular complexity index is 1120. The first-order chi connectivity index (χ1) is 12.9. The van der Waals surface area contributed by atoms with Crippen LogP contribution in [-0.2, 0) is 22.1 Å². The molecule has 0 spiro atoms. The molecule has 27 heavy (non-hydrogen) atoms. The number of rotatable bonds is 5. The van der Waals surface area contributed by atoms with Gasteiger partial charge in [0.15, 0.2) is 9.84 Å². The second kappa shape index (κ2) is 8.14. The topological polar surface area (TPSA) is 68.5 Å². The van der Waals surface area contributed by atoms with Crippen molar-refractivity contribution in [3.05, 3.63) is 101 Å². The van der Waals surface area contributed by atoms with E-state index >= 15 is 0 Å². The van der Waals surface area contributed by atoms with Crippen LogP contribution in [0.3, 0.4) is 0 Å². The molecule has 0 aliphatic carbocycles. The minimum atomic E-state index is -3.17. The predicted molar refractivity (Wildman–Crippen MR) is 105 cm³/mol. The van der Waals surface area contributed by atoms with Crippen LogP contribution in [0, 0.1) is 0 Å². The van der Waals surface area contributed by atoms with Crippen LogP contribution in [-0.4, -0.2) is 25.1 Å². The van der Waals surface area contributed by atoms with Gasteiger partial charge in [0.05, 0.1) is 5.75 Å². The van der Waals surface area contributed by atoms with Crippen molar-refractivity contribution in [2.24, 2.45) is 4.99 Å². The number of sulfone groups is 1. The number of amides is 1. The van der Waals surface area contributed by atoms with Crippen LogP contribution in [0.1, 0.15) is 21.5 Å². The second-order valence-corrected chi connectivity index (χ2v) is 8.50. The highest BCUT2D eigenvalue weighted by atomic mass is 32.2. The van der Waals surface area contributed by atoms with Crippen molar-refractivity contribution >= 4 is 15.7 Å². The van der Waals surface area contributed by atoms with Gasteiger partial charge in [0.1, 0.15) is 5.49 Å². The second-order valence-electron chi connectivity index (χ2n) is 6.36. The summed E-state index contributed by atoms with van der Waals surface area (Å²) < 4.78 is 24.9. The number of aromatic nitrogens is 1. The van der Waals surface area contributed by atoms with E-state index in [2.05, 4.69) is 4.99 Å². The molecule has 0 radical (unpaired) electrons. The Morgan fingerprint density at radius 1 is 0.926 bits per heavy atom. The third kappa shape index (κ3) is 5.49. The predicted octanol–water partition coefficient (Wildman–Crippen LogP) is 2.82. The summed E-state index contributed by atoms with van der Waals surface area (Å²) >= 11 is 0. The summed E-state index contributed by atoms with van der Waals surface area (Å²) in [5, 5.41) is 0. The molecule has 5 nitrogen and oxygen atoms in total. The lowest BCUT2D eigenvalue weighted by molar-refractivity contribution is 0.0997. The standard InChI is InChI=1S/C21H20N2O3S/c1-27(25,26)16-18-10-7-11-19(14-18)21(24)22-20-12-5-6-13-23(20)15-17-8-3-2-4-9-17/h2-14H,15-16H2,1H3.